The molecule has 5 heteroatoms. The van der Waals surface area contributed by atoms with E-state index in [0.717, 1.165) is 12.1 Å². The Balaban J connectivity index is 2.61. The summed E-state index contributed by atoms with van der Waals surface area (Å²) in [4.78, 5) is 0. The first-order valence-electron chi connectivity index (χ1n) is 4.60. The van der Waals surface area contributed by atoms with Gasteiger partial charge >= 0.3 is 6.18 Å². The van der Waals surface area contributed by atoms with Crippen LogP contribution in [0.1, 0.15) is 11.1 Å². The van der Waals surface area contributed by atoms with Crippen LogP contribution in [0.25, 0.3) is 6.08 Å². The van der Waals surface area contributed by atoms with Gasteiger partial charge in [-0.3, -0.25) is 0 Å². The molecule has 0 fully saturated rings. The molecule has 0 saturated carbocycles. The monoisotopic (exact) mass is 232 g/mol. The van der Waals surface area contributed by atoms with E-state index in [1.54, 1.807) is 0 Å². The van der Waals surface area contributed by atoms with E-state index in [1.165, 1.54) is 24.5 Å². The molecule has 1 aromatic carbocycles. The lowest BCUT2D eigenvalue weighted by Gasteiger charge is -2.05. The Labute approximate surface area is 91.0 Å². The summed E-state index contributed by atoms with van der Waals surface area (Å²) >= 11 is 0. The van der Waals surface area contributed by atoms with Crippen LogP contribution in [-0.4, -0.2) is 18.3 Å². The fourth-order valence-corrected chi connectivity index (χ4v) is 1.03. The van der Waals surface area contributed by atoms with Gasteiger partial charge in [0.1, 0.15) is 6.61 Å². The summed E-state index contributed by atoms with van der Waals surface area (Å²) in [5, 5.41) is 8.41. The molecule has 0 unspecified atom stereocenters. The third-order valence-corrected chi connectivity index (χ3v) is 1.80. The highest BCUT2D eigenvalue weighted by molar-refractivity contribution is 5.48. The Bertz CT molecular complexity index is 341. The first-order chi connectivity index (χ1) is 7.54. The quantitative estimate of drug-likeness (QED) is 0.638. The molecule has 0 spiro atoms. The minimum atomic E-state index is -4.31. The first-order valence-corrected chi connectivity index (χ1v) is 4.60. The molecule has 0 radical (unpaired) electrons. The van der Waals surface area contributed by atoms with E-state index in [9.17, 15) is 13.2 Å². The fraction of sp³-hybridized carbons (Fsp3) is 0.273. The van der Waals surface area contributed by atoms with Crippen LogP contribution in [0.3, 0.4) is 0 Å². The lowest BCUT2D eigenvalue weighted by Crippen LogP contribution is -2.03. The molecule has 0 heterocycles. The number of hydrogen-bond donors (Lipinski definition) is 1. The maximum absolute atomic E-state index is 12.2. The molecule has 0 amide bonds. The van der Waals surface area contributed by atoms with Crippen molar-refractivity contribution in [1.82, 2.24) is 0 Å². The van der Waals surface area contributed by atoms with Crippen LogP contribution in [0.4, 0.5) is 13.2 Å². The van der Waals surface area contributed by atoms with Crippen molar-refractivity contribution in [2.45, 2.75) is 6.18 Å². The van der Waals surface area contributed by atoms with Crippen LogP contribution < -0.4 is 0 Å². The predicted octanol–water partition coefficient (Wildman–Crippen LogP) is 2.69. The van der Waals surface area contributed by atoms with Gasteiger partial charge in [-0.15, -0.1) is 0 Å². The van der Waals surface area contributed by atoms with Crippen molar-refractivity contribution in [3.8, 4) is 0 Å². The van der Waals surface area contributed by atoms with Gasteiger partial charge in [0.05, 0.1) is 18.4 Å². The van der Waals surface area contributed by atoms with Gasteiger partial charge in [0.15, 0.2) is 0 Å². The van der Waals surface area contributed by atoms with Crippen molar-refractivity contribution in [3.05, 3.63) is 41.7 Å². The van der Waals surface area contributed by atoms with E-state index in [1.807, 2.05) is 0 Å². The van der Waals surface area contributed by atoms with Crippen LogP contribution in [-0.2, 0) is 10.9 Å². The molecular formula is C11H11F3O2. The summed E-state index contributed by atoms with van der Waals surface area (Å²) in [5.74, 6) is 0. The molecule has 0 aliphatic rings. The van der Waals surface area contributed by atoms with Gasteiger partial charge in [-0.1, -0.05) is 12.1 Å². The summed E-state index contributed by atoms with van der Waals surface area (Å²) in [5.41, 5.74) is -0.0770. The molecule has 88 valence electrons. The van der Waals surface area contributed by atoms with Gasteiger partial charge in [-0.25, -0.2) is 0 Å². The zero-order valence-corrected chi connectivity index (χ0v) is 8.37. The number of hydrogen-bond acceptors (Lipinski definition) is 2. The molecule has 0 atom stereocenters. The second-order valence-corrected chi connectivity index (χ2v) is 3.02. The van der Waals surface area contributed by atoms with Gasteiger partial charge in [0.25, 0.3) is 0 Å². The minimum Gasteiger partial charge on any atom is -0.499 e. The zero-order chi connectivity index (χ0) is 12.0. The summed E-state index contributed by atoms with van der Waals surface area (Å²) in [7, 11) is 0. The third kappa shape index (κ3) is 3.94. The second-order valence-electron chi connectivity index (χ2n) is 3.02. The molecular weight excluding hydrogens is 221 g/mol. The minimum absolute atomic E-state index is 0.0998. The molecule has 0 saturated heterocycles. The van der Waals surface area contributed by atoms with E-state index >= 15 is 0 Å². The largest absolute Gasteiger partial charge is 0.499 e. The average molecular weight is 232 g/mol. The van der Waals surface area contributed by atoms with Crippen molar-refractivity contribution in [2.24, 2.45) is 0 Å². The zero-order valence-electron chi connectivity index (χ0n) is 8.37. The Morgan fingerprint density at radius 1 is 1.19 bits per heavy atom. The van der Waals surface area contributed by atoms with Crippen LogP contribution in [0, 0.1) is 0 Å². The normalized spacial score (nSPS) is 12.0. The van der Waals surface area contributed by atoms with E-state index in [4.69, 9.17) is 9.84 Å². The molecule has 2 nitrogen and oxygen atoms in total. The van der Waals surface area contributed by atoms with Gasteiger partial charge < -0.3 is 9.84 Å². The number of rotatable bonds is 4. The lowest BCUT2D eigenvalue weighted by molar-refractivity contribution is -0.137. The van der Waals surface area contributed by atoms with Crippen LogP contribution >= 0.6 is 0 Å². The van der Waals surface area contributed by atoms with Crippen molar-refractivity contribution >= 4 is 6.08 Å². The third-order valence-electron chi connectivity index (χ3n) is 1.80. The topological polar surface area (TPSA) is 29.5 Å². The first kappa shape index (κ1) is 12.6. The molecule has 1 rings (SSSR count). The van der Waals surface area contributed by atoms with Crippen molar-refractivity contribution in [2.75, 3.05) is 13.2 Å². The van der Waals surface area contributed by atoms with Crippen molar-refractivity contribution in [3.63, 3.8) is 0 Å². The number of halogens is 3. The van der Waals surface area contributed by atoms with E-state index < -0.39 is 11.7 Å². The second kappa shape index (κ2) is 5.55. The number of aliphatic hydroxyl groups is 1. The highest BCUT2D eigenvalue weighted by Gasteiger charge is 2.29. The standard InChI is InChI=1S/C11H11F3O2/c12-11(13,14)10-3-1-9(2-4-10)5-7-16-8-6-15/h1-5,7,15H,6,8H2/b7-5+. The van der Waals surface area contributed by atoms with Gasteiger partial charge in [-0.05, 0) is 23.8 Å². The molecule has 1 aromatic rings. The van der Waals surface area contributed by atoms with Crippen LogP contribution in [0.5, 0.6) is 0 Å². The van der Waals surface area contributed by atoms with E-state index in [2.05, 4.69) is 0 Å². The molecule has 0 aromatic heterocycles. The SMILES string of the molecule is OCCO/C=C/c1ccc(C(F)(F)F)cc1. The number of aliphatic hydroxyl groups excluding tert-OH is 1. The number of ether oxygens (including phenoxy) is 1. The highest BCUT2D eigenvalue weighted by atomic mass is 19.4. The van der Waals surface area contributed by atoms with Crippen molar-refractivity contribution in [1.29, 1.82) is 0 Å². The summed E-state index contributed by atoms with van der Waals surface area (Å²) < 4.78 is 41.4. The summed E-state index contributed by atoms with van der Waals surface area (Å²) in [6, 6.07) is 4.71. The smallest absolute Gasteiger partial charge is 0.416 e. The Hall–Kier alpha value is -1.49. The lowest BCUT2D eigenvalue weighted by atomic mass is 10.1. The average Bonchev–Trinajstić information content (AvgIpc) is 2.24. The van der Waals surface area contributed by atoms with Gasteiger partial charge in [0, 0.05) is 0 Å². The molecule has 0 aliphatic heterocycles. The molecule has 16 heavy (non-hydrogen) atoms. The van der Waals surface area contributed by atoms with Crippen LogP contribution in [0.2, 0.25) is 0 Å². The number of alkyl halides is 3. The summed E-state index contributed by atoms with van der Waals surface area (Å²) in [6.07, 6.45) is -1.45. The Kier molecular flexibility index (Phi) is 4.37. The van der Waals surface area contributed by atoms with Gasteiger partial charge in [0.2, 0.25) is 0 Å². The molecule has 1 N–H and O–H groups in total. The number of benzene rings is 1. The summed E-state index contributed by atoms with van der Waals surface area (Å²) in [6.45, 7) is 0.0640. The fourth-order valence-electron chi connectivity index (χ4n) is 1.03. The van der Waals surface area contributed by atoms with Crippen molar-refractivity contribution < 1.29 is 23.0 Å². The van der Waals surface area contributed by atoms with Crippen LogP contribution in [0.15, 0.2) is 30.5 Å². The maximum atomic E-state index is 12.2. The maximum Gasteiger partial charge on any atom is 0.416 e. The Morgan fingerprint density at radius 2 is 1.81 bits per heavy atom. The van der Waals surface area contributed by atoms with E-state index in [0.29, 0.717) is 5.56 Å². The molecule has 0 bridgehead atoms. The van der Waals surface area contributed by atoms with Gasteiger partial charge in [-0.2, -0.15) is 13.2 Å². The Morgan fingerprint density at radius 3 is 2.31 bits per heavy atom. The molecule has 0 aliphatic carbocycles. The predicted molar refractivity (Wildman–Crippen MR) is 53.5 cm³/mol. The van der Waals surface area contributed by atoms with E-state index in [-0.39, 0.29) is 13.2 Å². The highest BCUT2D eigenvalue weighted by Crippen LogP contribution is 2.29.